The van der Waals surface area contributed by atoms with E-state index in [2.05, 4.69) is 113 Å². The van der Waals surface area contributed by atoms with E-state index < -0.39 is 11.7 Å². The van der Waals surface area contributed by atoms with Crippen LogP contribution in [0, 0.1) is 6.92 Å². The molecule has 0 saturated carbocycles. The van der Waals surface area contributed by atoms with Gasteiger partial charge in [0, 0.05) is 0 Å². The predicted octanol–water partition coefficient (Wildman–Crippen LogP) is 14.4. The number of alkyl halides is 3. The van der Waals surface area contributed by atoms with Crippen molar-refractivity contribution in [2.24, 2.45) is 0 Å². The van der Waals surface area contributed by atoms with Crippen molar-refractivity contribution >= 4 is 24.8 Å². The van der Waals surface area contributed by atoms with Crippen molar-refractivity contribution in [3.63, 3.8) is 0 Å². The van der Waals surface area contributed by atoms with Crippen molar-refractivity contribution in [3.05, 3.63) is 154 Å². The predicted molar refractivity (Wildman–Crippen MR) is 220 cm³/mol. The summed E-state index contributed by atoms with van der Waals surface area (Å²) >= 11 is 1.10. The van der Waals surface area contributed by atoms with Gasteiger partial charge in [-0.05, 0) is 21.7 Å². The van der Waals surface area contributed by atoms with Crippen LogP contribution in [0.25, 0.3) is 21.5 Å². The van der Waals surface area contributed by atoms with E-state index in [1.54, 1.807) is 6.07 Å². The third-order valence-corrected chi connectivity index (χ3v) is 11.0. The van der Waals surface area contributed by atoms with Crippen LogP contribution in [0.4, 0.5) is 13.2 Å². The maximum Gasteiger partial charge on any atom is -0.172 e. The van der Waals surface area contributed by atoms with Gasteiger partial charge < -0.3 is 0 Å². The molecule has 0 radical (unpaired) electrons. The average Bonchev–Trinajstić information content (AvgIpc) is 3.74. The molecule has 6 aromatic rings. The van der Waals surface area contributed by atoms with Gasteiger partial charge in [-0.1, -0.05) is 117 Å². The number of halogens is 3. The zero-order chi connectivity index (χ0) is 39.7. The van der Waals surface area contributed by atoms with Gasteiger partial charge in [-0.25, -0.2) is 12.1 Å². The maximum absolute atomic E-state index is 12.7. The number of rotatable bonds is 2. The second-order valence-electron chi connectivity index (χ2n) is 18.4. The van der Waals surface area contributed by atoms with Gasteiger partial charge in [-0.3, -0.25) is 0 Å². The smallest absolute Gasteiger partial charge is 0.172 e. The molecule has 0 saturated heterocycles. The summed E-state index contributed by atoms with van der Waals surface area (Å²) in [4.78, 5) is 0. The SMILES string of the molecule is CC(C)(C)c1cc2[cH-]c3cc(C(C)(C)C)c(C(C)(C)C)cc3c2cc1C(C)(C)C.Cc1ccc([C](=[Zr+2])c2cccc(C(F)(F)F)c2)cc1.c1cc[cH-]c1. The van der Waals surface area contributed by atoms with Crippen molar-refractivity contribution in [1.82, 2.24) is 0 Å². The molecule has 0 spiro atoms. The second-order valence-corrected chi connectivity index (χ2v) is 19.6. The van der Waals surface area contributed by atoms with E-state index in [1.165, 1.54) is 55.9 Å². The molecule has 278 valence electrons. The van der Waals surface area contributed by atoms with E-state index in [0.717, 1.165) is 44.6 Å². The van der Waals surface area contributed by atoms with Crippen LogP contribution in [0.15, 0.2) is 109 Å². The van der Waals surface area contributed by atoms with Crippen LogP contribution in [0.2, 0.25) is 0 Å². The zero-order valence-electron chi connectivity index (χ0n) is 34.0. The first-order valence-corrected chi connectivity index (χ1v) is 19.7. The van der Waals surface area contributed by atoms with Gasteiger partial charge >= 0.3 is 124 Å². The molecule has 0 unspecified atom stereocenters. The van der Waals surface area contributed by atoms with Crippen LogP contribution in [-0.4, -0.2) is 3.21 Å². The summed E-state index contributed by atoms with van der Waals surface area (Å²) in [5, 5.41) is 5.57. The van der Waals surface area contributed by atoms with Gasteiger partial charge in [0.15, 0.2) is 0 Å². The fraction of sp³-hybridized carbons (Fsp3) is 0.367. The number of hydrogen-bond donors (Lipinski definition) is 0. The quantitative estimate of drug-likeness (QED) is 0.153. The molecule has 0 fully saturated rings. The first-order valence-electron chi connectivity index (χ1n) is 18.5. The molecule has 0 aromatic heterocycles. The van der Waals surface area contributed by atoms with Crippen molar-refractivity contribution in [2.45, 2.75) is 118 Å². The number of benzene rings is 4. The minimum atomic E-state index is -4.29. The third-order valence-electron chi connectivity index (χ3n) is 9.59. The molecule has 0 aliphatic rings. The van der Waals surface area contributed by atoms with E-state index in [0.29, 0.717) is 5.56 Å². The molecule has 0 heterocycles. The Balaban J connectivity index is 0.000000222. The van der Waals surface area contributed by atoms with Crippen LogP contribution in [0.1, 0.15) is 128 Å². The molecule has 6 aromatic carbocycles. The summed E-state index contributed by atoms with van der Waals surface area (Å²) < 4.78 is 39.0. The van der Waals surface area contributed by atoms with Gasteiger partial charge in [-0.2, -0.15) is 18.2 Å². The minimum Gasteiger partial charge on any atom is -0.214 e. The molecule has 0 nitrogen and oxygen atoms in total. The Bertz CT molecular complexity index is 2040. The molecule has 4 heteroatoms. The first kappa shape index (κ1) is 42.4. The second kappa shape index (κ2) is 15.8. The standard InChI is InChI=1S/C29H41.C15H11F3.C5H5.Zr/c1-26(2,3)22-14-18-13-19-15-23(27(4,5)6)25(29(10,11)12)17-21(19)20(18)16-24(22)28(7,8)9;1-11-5-7-12(8-6-11)9-13-3-2-4-14(10-13)15(16,17)18;1-2-4-5-3-1;/h13-17H,1-12H3;2-8,10H,1H3;1-5H;/q-1;;-1;+2. The summed E-state index contributed by atoms with van der Waals surface area (Å²) in [7, 11) is 0. The van der Waals surface area contributed by atoms with Gasteiger partial charge in [0.2, 0.25) is 0 Å². The Hall–Kier alpha value is -3.36. The molecule has 0 amide bonds. The Kier molecular flexibility index (Phi) is 12.6. The molecule has 0 aliphatic heterocycles. The van der Waals surface area contributed by atoms with Crippen molar-refractivity contribution < 1.29 is 37.4 Å². The van der Waals surface area contributed by atoms with Crippen LogP contribution in [-0.2, 0) is 52.1 Å². The number of aryl methyl sites for hydroxylation is 1. The fourth-order valence-corrected chi connectivity index (χ4v) is 7.44. The van der Waals surface area contributed by atoms with E-state index in [1.807, 2.05) is 61.5 Å². The zero-order valence-corrected chi connectivity index (χ0v) is 36.5. The maximum atomic E-state index is 12.7. The minimum absolute atomic E-state index is 0.124. The molecule has 0 N–H and O–H groups in total. The number of hydrogen-bond acceptors (Lipinski definition) is 0. The van der Waals surface area contributed by atoms with E-state index in [-0.39, 0.29) is 21.7 Å². The van der Waals surface area contributed by atoms with Crippen LogP contribution in [0.3, 0.4) is 0 Å². The number of fused-ring (bicyclic) bond motifs is 3. The summed E-state index contributed by atoms with van der Waals surface area (Å²) in [5.74, 6) is 0. The average molecular weight is 794 g/mol. The van der Waals surface area contributed by atoms with Crippen LogP contribution >= 0.6 is 0 Å². The molecular weight excluding hydrogens is 737 g/mol. The van der Waals surface area contributed by atoms with Crippen molar-refractivity contribution in [1.29, 1.82) is 0 Å². The van der Waals surface area contributed by atoms with Crippen molar-refractivity contribution in [3.8, 4) is 0 Å². The monoisotopic (exact) mass is 792 g/mol. The summed E-state index contributed by atoms with van der Waals surface area (Å²) in [6.07, 6.45) is -4.29. The van der Waals surface area contributed by atoms with E-state index >= 15 is 0 Å². The van der Waals surface area contributed by atoms with Crippen LogP contribution in [0.5, 0.6) is 0 Å². The molecular formula is C49H57F3Zr. The Morgan fingerprint density at radius 3 is 1.28 bits per heavy atom. The normalized spacial score (nSPS) is 12.6. The van der Waals surface area contributed by atoms with Gasteiger partial charge in [0.05, 0.1) is 0 Å². The molecule has 6 rings (SSSR count). The Morgan fingerprint density at radius 2 is 0.925 bits per heavy atom. The molecule has 0 atom stereocenters. The Labute approximate surface area is 331 Å². The fourth-order valence-electron chi connectivity index (χ4n) is 6.65. The van der Waals surface area contributed by atoms with Gasteiger partial charge in [0.1, 0.15) is 0 Å². The van der Waals surface area contributed by atoms with Gasteiger partial charge in [-0.15, -0.1) is 39.7 Å². The molecule has 0 aliphatic carbocycles. The van der Waals surface area contributed by atoms with E-state index in [4.69, 9.17) is 0 Å². The molecule has 53 heavy (non-hydrogen) atoms. The third kappa shape index (κ3) is 10.7. The van der Waals surface area contributed by atoms with Crippen LogP contribution < -0.4 is 0 Å². The summed E-state index contributed by atoms with van der Waals surface area (Å²) in [6.45, 7) is 30.0. The molecule has 0 bridgehead atoms. The van der Waals surface area contributed by atoms with Crippen molar-refractivity contribution in [2.75, 3.05) is 0 Å². The largest absolute Gasteiger partial charge is 0.214 e. The Morgan fingerprint density at radius 1 is 0.509 bits per heavy atom. The first-order chi connectivity index (χ1) is 24.3. The summed E-state index contributed by atoms with van der Waals surface area (Å²) in [5.41, 5.74) is 8.55. The van der Waals surface area contributed by atoms with E-state index in [9.17, 15) is 13.2 Å². The summed E-state index contributed by atoms with van der Waals surface area (Å²) in [6, 6.07) is 35.6. The topological polar surface area (TPSA) is 0 Å². The van der Waals surface area contributed by atoms with Gasteiger partial charge in [0.25, 0.3) is 0 Å².